The van der Waals surface area contributed by atoms with E-state index in [0.717, 1.165) is 37.1 Å². The molecular formula is C17H25NO2. The molecule has 0 saturated heterocycles. The first-order chi connectivity index (χ1) is 9.61. The van der Waals surface area contributed by atoms with Crippen molar-refractivity contribution in [3.05, 3.63) is 29.8 Å². The van der Waals surface area contributed by atoms with Gasteiger partial charge in [0.2, 0.25) is 5.91 Å². The van der Waals surface area contributed by atoms with Crippen LogP contribution < -0.4 is 4.74 Å². The van der Waals surface area contributed by atoms with Crippen LogP contribution in [0.4, 0.5) is 0 Å². The van der Waals surface area contributed by atoms with Gasteiger partial charge in [0, 0.05) is 18.2 Å². The molecule has 1 aliphatic carbocycles. The lowest BCUT2D eigenvalue weighted by Crippen LogP contribution is -2.35. The number of nitrogens with zero attached hydrogens (tertiary/aromatic N) is 1. The minimum absolute atomic E-state index is 0.234. The SMILES string of the molecule is COc1ccccc1CC(=O)N(CCC(C)C)C1CC1. The Morgan fingerprint density at radius 3 is 2.65 bits per heavy atom. The number of hydrogen-bond donors (Lipinski definition) is 0. The van der Waals surface area contributed by atoms with Gasteiger partial charge in [-0.15, -0.1) is 0 Å². The van der Waals surface area contributed by atoms with E-state index in [1.54, 1.807) is 7.11 Å². The molecule has 0 N–H and O–H groups in total. The molecule has 0 bridgehead atoms. The summed E-state index contributed by atoms with van der Waals surface area (Å²) in [6, 6.07) is 8.27. The minimum atomic E-state index is 0.234. The minimum Gasteiger partial charge on any atom is -0.496 e. The molecule has 1 aliphatic rings. The summed E-state index contributed by atoms with van der Waals surface area (Å²) in [6.45, 7) is 5.29. The van der Waals surface area contributed by atoms with Crippen molar-refractivity contribution in [3.8, 4) is 5.75 Å². The molecular weight excluding hydrogens is 250 g/mol. The van der Waals surface area contributed by atoms with Crippen molar-refractivity contribution in [1.29, 1.82) is 0 Å². The molecule has 20 heavy (non-hydrogen) atoms. The van der Waals surface area contributed by atoms with Crippen LogP contribution in [0, 0.1) is 5.92 Å². The second kappa shape index (κ2) is 6.78. The predicted molar refractivity (Wildman–Crippen MR) is 80.9 cm³/mol. The van der Waals surface area contributed by atoms with Gasteiger partial charge < -0.3 is 9.64 Å². The van der Waals surface area contributed by atoms with E-state index >= 15 is 0 Å². The number of benzene rings is 1. The Morgan fingerprint density at radius 2 is 2.05 bits per heavy atom. The highest BCUT2D eigenvalue weighted by atomic mass is 16.5. The molecule has 1 amide bonds. The molecule has 1 aromatic rings. The Morgan fingerprint density at radius 1 is 1.35 bits per heavy atom. The summed E-state index contributed by atoms with van der Waals surface area (Å²) in [5.74, 6) is 1.67. The first-order valence-electron chi connectivity index (χ1n) is 7.53. The van der Waals surface area contributed by atoms with E-state index in [-0.39, 0.29) is 5.91 Å². The molecule has 0 aromatic heterocycles. The number of carbonyl (C=O) groups excluding carboxylic acids is 1. The van der Waals surface area contributed by atoms with Gasteiger partial charge in [0.1, 0.15) is 5.75 Å². The Kier molecular flexibility index (Phi) is 5.05. The number of hydrogen-bond acceptors (Lipinski definition) is 2. The van der Waals surface area contributed by atoms with Crippen molar-refractivity contribution in [1.82, 2.24) is 4.90 Å². The lowest BCUT2D eigenvalue weighted by atomic mass is 10.1. The van der Waals surface area contributed by atoms with Crippen molar-refractivity contribution in [2.75, 3.05) is 13.7 Å². The number of para-hydroxylation sites is 1. The molecule has 110 valence electrons. The summed E-state index contributed by atoms with van der Waals surface area (Å²) in [5, 5.41) is 0. The normalized spacial score (nSPS) is 14.4. The van der Waals surface area contributed by atoms with E-state index < -0.39 is 0 Å². The Balaban J connectivity index is 2.00. The van der Waals surface area contributed by atoms with Gasteiger partial charge >= 0.3 is 0 Å². The average molecular weight is 275 g/mol. The van der Waals surface area contributed by atoms with Crippen molar-refractivity contribution in [3.63, 3.8) is 0 Å². The Hall–Kier alpha value is -1.51. The number of methoxy groups -OCH3 is 1. The Labute approximate surface area is 121 Å². The molecule has 0 aliphatic heterocycles. The predicted octanol–water partition coefficient (Wildman–Crippen LogP) is 3.27. The standard InChI is InChI=1S/C17H25NO2/c1-13(2)10-11-18(15-8-9-15)17(19)12-14-6-4-5-7-16(14)20-3/h4-7,13,15H,8-12H2,1-3H3. The highest BCUT2D eigenvalue weighted by Crippen LogP contribution is 2.29. The van der Waals surface area contributed by atoms with Crippen molar-refractivity contribution < 1.29 is 9.53 Å². The lowest BCUT2D eigenvalue weighted by molar-refractivity contribution is -0.131. The fraction of sp³-hybridized carbons (Fsp3) is 0.588. The van der Waals surface area contributed by atoms with Crippen molar-refractivity contribution in [2.45, 2.75) is 45.6 Å². The molecule has 0 unspecified atom stereocenters. The van der Waals surface area contributed by atoms with E-state index in [4.69, 9.17) is 4.74 Å². The second-order valence-electron chi connectivity index (χ2n) is 5.99. The number of ether oxygens (including phenoxy) is 1. The van der Waals surface area contributed by atoms with Crippen molar-refractivity contribution >= 4 is 5.91 Å². The largest absolute Gasteiger partial charge is 0.496 e. The van der Waals surface area contributed by atoms with Crippen LogP contribution >= 0.6 is 0 Å². The maximum Gasteiger partial charge on any atom is 0.227 e. The van der Waals surface area contributed by atoms with Gasteiger partial charge in [-0.2, -0.15) is 0 Å². The molecule has 1 fully saturated rings. The Bertz CT molecular complexity index is 452. The quantitative estimate of drug-likeness (QED) is 0.764. The molecule has 0 heterocycles. The summed E-state index contributed by atoms with van der Waals surface area (Å²) < 4.78 is 5.33. The fourth-order valence-electron chi connectivity index (χ4n) is 2.41. The third-order valence-corrected chi connectivity index (χ3v) is 3.79. The summed E-state index contributed by atoms with van der Waals surface area (Å²) in [4.78, 5) is 14.6. The van der Waals surface area contributed by atoms with Gasteiger partial charge in [0.05, 0.1) is 13.5 Å². The zero-order valence-electron chi connectivity index (χ0n) is 12.8. The summed E-state index contributed by atoms with van der Waals surface area (Å²) in [7, 11) is 1.65. The van der Waals surface area contributed by atoms with Gasteiger partial charge in [-0.1, -0.05) is 32.0 Å². The topological polar surface area (TPSA) is 29.5 Å². The lowest BCUT2D eigenvalue weighted by Gasteiger charge is -2.24. The van der Waals surface area contributed by atoms with E-state index in [1.165, 1.54) is 0 Å². The molecule has 3 heteroatoms. The first kappa shape index (κ1) is 14.9. The number of amides is 1. The summed E-state index contributed by atoms with van der Waals surface area (Å²) in [5.41, 5.74) is 0.982. The fourth-order valence-corrected chi connectivity index (χ4v) is 2.41. The molecule has 1 saturated carbocycles. The third-order valence-electron chi connectivity index (χ3n) is 3.79. The second-order valence-corrected chi connectivity index (χ2v) is 5.99. The van der Waals surface area contributed by atoms with Gasteiger partial charge in [0.25, 0.3) is 0 Å². The van der Waals surface area contributed by atoms with Gasteiger partial charge in [-0.05, 0) is 31.2 Å². The smallest absolute Gasteiger partial charge is 0.227 e. The van der Waals surface area contributed by atoms with Crippen LogP contribution in [0.15, 0.2) is 24.3 Å². The molecule has 3 nitrogen and oxygen atoms in total. The van der Waals surface area contributed by atoms with Gasteiger partial charge in [-0.3, -0.25) is 4.79 Å². The average Bonchev–Trinajstić information content (AvgIpc) is 3.24. The van der Waals surface area contributed by atoms with Crippen LogP contribution in [0.2, 0.25) is 0 Å². The van der Waals surface area contributed by atoms with Crippen LogP contribution in [-0.2, 0) is 11.2 Å². The first-order valence-corrected chi connectivity index (χ1v) is 7.53. The summed E-state index contributed by atoms with van der Waals surface area (Å²) in [6.07, 6.45) is 3.85. The van der Waals surface area contributed by atoms with Gasteiger partial charge in [-0.25, -0.2) is 0 Å². The zero-order valence-corrected chi connectivity index (χ0v) is 12.8. The van der Waals surface area contributed by atoms with E-state index in [1.807, 2.05) is 24.3 Å². The van der Waals surface area contributed by atoms with Crippen molar-refractivity contribution in [2.24, 2.45) is 5.92 Å². The van der Waals surface area contributed by atoms with Crippen LogP contribution in [0.3, 0.4) is 0 Å². The summed E-state index contributed by atoms with van der Waals surface area (Å²) >= 11 is 0. The third kappa shape index (κ3) is 3.99. The van der Waals surface area contributed by atoms with Crippen LogP contribution in [0.1, 0.15) is 38.7 Å². The molecule has 0 radical (unpaired) electrons. The number of rotatable bonds is 7. The highest BCUT2D eigenvalue weighted by Gasteiger charge is 2.32. The monoisotopic (exact) mass is 275 g/mol. The maximum absolute atomic E-state index is 12.5. The van der Waals surface area contributed by atoms with Crippen LogP contribution in [-0.4, -0.2) is 30.5 Å². The zero-order chi connectivity index (χ0) is 14.5. The van der Waals surface area contributed by atoms with E-state index in [9.17, 15) is 4.79 Å². The van der Waals surface area contributed by atoms with E-state index in [2.05, 4.69) is 18.7 Å². The molecule has 1 aromatic carbocycles. The van der Waals surface area contributed by atoms with Crippen LogP contribution in [0.25, 0.3) is 0 Å². The highest BCUT2D eigenvalue weighted by molar-refractivity contribution is 5.80. The van der Waals surface area contributed by atoms with Crippen LogP contribution in [0.5, 0.6) is 5.75 Å². The molecule has 0 spiro atoms. The molecule has 2 rings (SSSR count). The number of carbonyl (C=O) groups is 1. The maximum atomic E-state index is 12.5. The van der Waals surface area contributed by atoms with E-state index in [0.29, 0.717) is 18.4 Å². The molecule has 0 atom stereocenters. The van der Waals surface area contributed by atoms with Gasteiger partial charge in [0.15, 0.2) is 0 Å².